The number of anilines is 1. The van der Waals surface area contributed by atoms with E-state index in [1.54, 1.807) is 17.0 Å². The Bertz CT molecular complexity index is 748. The zero-order valence-corrected chi connectivity index (χ0v) is 16.0. The molecule has 1 atom stereocenters. The second-order valence-electron chi connectivity index (χ2n) is 7.30. The number of non-ortho nitro benzene ring substituents is 1. The molecular formula is C19H26N4O5. The fraction of sp³-hybridized carbons (Fsp3) is 0.579. The van der Waals surface area contributed by atoms with Crippen LogP contribution < -0.4 is 4.90 Å². The number of amides is 1. The second kappa shape index (κ2) is 8.66. The van der Waals surface area contributed by atoms with Crippen molar-refractivity contribution in [2.75, 3.05) is 37.6 Å². The van der Waals surface area contributed by atoms with Gasteiger partial charge in [-0.15, -0.1) is 0 Å². The summed E-state index contributed by atoms with van der Waals surface area (Å²) in [6, 6.07) is 6.20. The van der Waals surface area contributed by atoms with Crippen molar-refractivity contribution in [2.24, 2.45) is 0 Å². The number of aliphatic carboxylic acids is 1. The normalized spacial score (nSPS) is 21.4. The number of nitro groups is 1. The molecule has 0 bridgehead atoms. The van der Waals surface area contributed by atoms with Crippen LogP contribution in [0.25, 0.3) is 0 Å². The van der Waals surface area contributed by atoms with E-state index in [1.165, 1.54) is 12.1 Å². The minimum absolute atomic E-state index is 0.0168. The lowest BCUT2D eigenvalue weighted by Crippen LogP contribution is -2.51. The molecule has 2 saturated heterocycles. The van der Waals surface area contributed by atoms with Gasteiger partial charge in [0.05, 0.1) is 23.2 Å². The standard InChI is InChI=1S/C19H26N4O5/c1-2-20(13-18(24)25)14-6-9-21(10-7-14)17-8-11-22(19(17)26)15-4-3-5-16(12-15)23(27)28/h3-5,12,14,17H,2,6-11,13H2,1H3,(H,24,25). The first-order valence-electron chi connectivity index (χ1n) is 9.66. The van der Waals surface area contributed by atoms with Gasteiger partial charge in [0.15, 0.2) is 0 Å². The van der Waals surface area contributed by atoms with Gasteiger partial charge in [-0.1, -0.05) is 13.0 Å². The first kappa shape index (κ1) is 20.2. The van der Waals surface area contributed by atoms with Crippen LogP contribution in [0.5, 0.6) is 0 Å². The highest BCUT2D eigenvalue weighted by Gasteiger charge is 2.39. The third kappa shape index (κ3) is 4.31. The lowest BCUT2D eigenvalue weighted by atomic mass is 10.0. The van der Waals surface area contributed by atoms with E-state index in [-0.39, 0.29) is 30.2 Å². The average Bonchev–Trinajstić information content (AvgIpc) is 3.07. The highest BCUT2D eigenvalue weighted by molar-refractivity contribution is 5.99. The monoisotopic (exact) mass is 390 g/mol. The Kier molecular flexibility index (Phi) is 6.25. The number of hydrogen-bond donors (Lipinski definition) is 1. The van der Waals surface area contributed by atoms with E-state index < -0.39 is 10.9 Å². The predicted molar refractivity (Wildman–Crippen MR) is 103 cm³/mol. The summed E-state index contributed by atoms with van der Waals surface area (Å²) in [6.45, 7) is 4.75. The van der Waals surface area contributed by atoms with E-state index in [9.17, 15) is 19.7 Å². The Morgan fingerprint density at radius 1 is 1.29 bits per heavy atom. The van der Waals surface area contributed by atoms with E-state index in [2.05, 4.69) is 4.90 Å². The SMILES string of the molecule is CCN(CC(=O)O)C1CCN(C2CCN(c3cccc([N+](=O)[O-])c3)C2=O)CC1. The number of likely N-dealkylation sites (tertiary alicyclic amines) is 1. The summed E-state index contributed by atoms with van der Waals surface area (Å²) < 4.78 is 0. The van der Waals surface area contributed by atoms with Gasteiger partial charge in [0.2, 0.25) is 5.91 Å². The number of nitro benzene ring substituents is 1. The number of carboxylic acids is 1. The Balaban J connectivity index is 1.61. The number of likely N-dealkylation sites (N-methyl/N-ethyl adjacent to an activating group) is 1. The fourth-order valence-corrected chi connectivity index (χ4v) is 4.27. The van der Waals surface area contributed by atoms with Crippen molar-refractivity contribution in [1.29, 1.82) is 0 Å². The smallest absolute Gasteiger partial charge is 0.317 e. The predicted octanol–water partition coefficient (Wildman–Crippen LogP) is 1.57. The summed E-state index contributed by atoms with van der Waals surface area (Å²) in [5.74, 6) is -0.834. The van der Waals surface area contributed by atoms with Crippen molar-refractivity contribution in [2.45, 2.75) is 38.3 Å². The number of rotatable bonds is 7. The molecule has 9 nitrogen and oxygen atoms in total. The molecule has 0 spiro atoms. The van der Waals surface area contributed by atoms with Gasteiger partial charge in [0.1, 0.15) is 0 Å². The summed E-state index contributed by atoms with van der Waals surface area (Å²) in [5.41, 5.74) is 0.544. The van der Waals surface area contributed by atoms with Gasteiger partial charge in [-0.2, -0.15) is 0 Å². The van der Waals surface area contributed by atoms with Crippen LogP contribution in [0.4, 0.5) is 11.4 Å². The van der Waals surface area contributed by atoms with Crippen molar-refractivity contribution in [3.05, 3.63) is 34.4 Å². The highest BCUT2D eigenvalue weighted by atomic mass is 16.6. The molecule has 28 heavy (non-hydrogen) atoms. The molecule has 1 amide bonds. The summed E-state index contributed by atoms with van der Waals surface area (Å²) in [6.07, 6.45) is 2.36. The lowest BCUT2D eigenvalue weighted by molar-refractivity contribution is -0.384. The third-order valence-electron chi connectivity index (χ3n) is 5.73. The Labute approximate surface area is 163 Å². The zero-order valence-electron chi connectivity index (χ0n) is 16.0. The maximum absolute atomic E-state index is 12.9. The minimum atomic E-state index is -0.817. The van der Waals surface area contributed by atoms with Gasteiger partial charge in [0.25, 0.3) is 5.69 Å². The number of nitrogens with zero attached hydrogens (tertiary/aromatic N) is 4. The minimum Gasteiger partial charge on any atom is -0.480 e. The number of piperidine rings is 1. The number of carbonyl (C=O) groups is 2. The average molecular weight is 390 g/mol. The maximum Gasteiger partial charge on any atom is 0.317 e. The molecule has 1 unspecified atom stereocenters. The second-order valence-corrected chi connectivity index (χ2v) is 7.30. The first-order chi connectivity index (χ1) is 13.4. The Morgan fingerprint density at radius 2 is 2.00 bits per heavy atom. The largest absolute Gasteiger partial charge is 0.480 e. The fourth-order valence-electron chi connectivity index (χ4n) is 4.27. The van der Waals surface area contributed by atoms with Crippen molar-refractivity contribution >= 4 is 23.3 Å². The van der Waals surface area contributed by atoms with Crippen LogP contribution in [0.15, 0.2) is 24.3 Å². The number of carbonyl (C=O) groups excluding carboxylic acids is 1. The van der Waals surface area contributed by atoms with Crippen LogP contribution in [0, 0.1) is 10.1 Å². The lowest BCUT2D eigenvalue weighted by Gasteiger charge is -2.39. The molecule has 0 aliphatic carbocycles. The van der Waals surface area contributed by atoms with Crippen LogP contribution in [0.2, 0.25) is 0 Å². The van der Waals surface area contributed by atoms with Crippen LogP contribution in [-0.4, -0.2) is 76.5 Å². The maximum atomic E-state index is 12.9. The zero-order chi connectivity index (χ0) is 20.3. The molecule has 0 radical (unpaired) electrons. The molecule has 0 saturated carbocycles. The van der Waals surface area contributed by atoms with E-state index in [4.69, 9.17) is 5.11 Å². The molecule has 2 aliphatic rings. The Morgan fingerprint density at radius 3 is 2.61 bits per heavy atom. The van der Waals surface area contributed by atoms with Crippen molar-refractivity contribution in [3.63, 3.8) is 0 Å². The molecule has 1 aromatic carbocycles. The van der Waals surface area contributed by atoms with Gasteiger partial charge in [0, 0.05) is 37.8 Å². The quantitative estimate of drug-likeness (QED) is 0.556. The summed E-state index contributed by atoms with van der Waals surface area (Å²) >= 11 is 0. The number of carboxylic acid groups (broad SMARTS) is 1. The van der Waals surface area contributed by atoms with Gasteiger partial charge >= 0.3 is 5.97 Å². The molecule has 1 N–H and O–H groups in total. The van der Waals surface area contributed by atoms with Crippen LogP contribution in [-0.2, 0) is 9.59 Å². The van der Waals surface area contributed by atoms with Crippen LogP contribution in [0.1, 0.15) is 26.2 Å². The summed E-state index contributed by atoms with van der Waals surface area (Å²) in [4.78, 5) is 40.3. The van der Waals surface area contributed by atoms with E-state index in [0.717, 1.165) is 25.9 Å². The molecule has 9 heteroatoms. The first-order valence-corrected chi connectivity index (χ1v) is 9.66. The molecule has 2 fully saturated rings. The van der Waals surface area contributed by atoms with Gasteiger partial charge in [-0.25, -0.2) is 0 Å². The van der Waals surface area contributed by atoms with Crippen molar-refractivity contribution < 1.29 is 19.6 Å². The van der Waals surface area contributed by atoms with Crippen molar-refractivity contribution in [1.82, 2.24) is 9.80 Å². The van der Waals surface area contributed by atoms with Gasteiger partial charge in [-0.3, -0.25) is 29.5 Å². The van der Waals surface area contributed by atoms with E-state index in [0.29, 0.717) is 25.2 Å². The van der Waals surface area contributed by atoms with Crippen LogP contribution >= 0.6 is 0 Å². The molecule has 2 heterocycles. The van der Waals surface area contributed by atoms with E-state index in [1.807, 2.05) is 11.8 Å². The molecule has 152 valence electrons. The highest BCUT2D eigenvalue weighted by Crippen LogP contribution is 2.29. The van der Waals surface area contributed by atoms with Crippen LogP contribution in [0.3, 0.4) is 0 Å². The molecule has 1 aromatic rings. The molecule has 0 aromatic heterocycles. The van der Waals surface area contributed by atoms with E-state index >= 15 is 0 Å². The molecule has 2 aliphatic heterocycles. The van der Waals surface area contributed by atoms with Gasteiger partial charge < -0.3 is 10.0 Å². The number of hydrogen-bond acceptors (Lipinski definition) is 6. The number of benzene rings is 1. The topological polar surface area (TPSA) is 107 Å². The summed E-state index contributed by atoms with van der Waals surface area (Å²) in [5, 5.41) is 20.0. The van der Waals surface area contributed by atoms with Crippen molar-refractivity contribution in [3.8, 4) is 0 Å². The third-order valence-corrected chi connectivity index (χ3v) is 5.73. The molecule has 3 rings (SSSR count). The van der Waals surface area contributed by atoms with Gasteiger partial charge in [-0.05, 0) is 31.9 Å². The molecular weight excluding hydrogens is 364 g/mol. The summed E-state index contributed by atoms with van der Waals surface area (Å²) in [7, 11) is 0. The Hall–Kier alpha value is -2.52.